The number of aliphatic hydroxyl groups is 1. The lowest BCUT2D eigenvalue weighted by Gasteiger charge is -2.26. The average Bonchev–Trinajstić information content (AvgIpc) is 2.83. The molecule has 1 fully saturated rings. The van der Waals surface area contributed by atoms with Gasteiger partial charge in [-0.2, -0.15) is 0 Å². The van der Waals surface area contributed by atoms with E-state index in [2.05, 4.69) is 10.6 Å². The topological polar surface area (TPSA) is 83.1 Å². The van der Waals surface area contributed by atoms with Crippen LogP contribution in [0.5, 0.6) is 11.5 Å². The molecule has 168 valence electrons. The van der Waals surface area contributed by atoms with E-state index in [1.807, 2.05) is 59.5 Å². The summed E-state index contributed by atoms with van der Waals surface area (Å²) in [5, 5.41) is 16.1. The van der Waals surface area contributed by atoms with Crippen molar-refractivity contribution in [2.45, 2.75) is 32.0 Å². The molecular formula is C24H33N3O4. The van der Waals surface area contributed by atoms with Crippen LogP contribution < -0.4 is 20.1 Å². The van der Waals surface area contributed by atoms with Crippen molar-refractivity contribution in [3.63, 3.8) is 0 Å². The number of hydrogen-bond donors (Lipinski definition) is 3. The highest BCUT2D eigenvalue weighted by atomic mass is 16.5. The highest BCUT2D eigenvalue weighted by Crippen LogP contribution is 2.19. The predicted molar refractivity (Wildman–Crippen MR) is 120 cm³/mol. The van der Waals surface area contributed by atoms with Crippen molar-refractivity contribution in [3.05, 3.63) is 60.2 Å². The van der Waals surface area contributed by atoms with Crippen molar-refractivity contribution in [1.29, 1.82) is 0 Å². The van der Waals surface area contributed by atoms with Gasteiger partial charge in [0.25, 0.3) is 0 Å². The minimum atomic E-state index is -0.633. The number of piperidine rings is 1. The molecule has 1 aliphatic rings. The number of benzene rings is 2. The van der Waals surface area contributed by atoms with Crippen LogP contribution in [0.1, 0.15) is 24.8 Å². The largest absolute Gasteiger partial charge is 0.491 e. The SMILES string of the molecule is O=C(NCCNC[C@@H](O)COc1ccc(OCc2ccccc2)cc1)N1CCCCC1. The minimum Gasteiger partial charge on any atom is -0.491 e. The summed E-state index contributed by atoms with van der Waals surface area (Å²) in [6, 6.07) is 17.4. The molecule has 0 radical (unpaired) electrons. The number of likely N-dealkylation sites (tertiary alicyclic amines) is 1. The van der Waals surface area contributed by atoms with Gasteiger partial charge >= 0.3 is 6.03 Å². The van der Waals surface area contributed by atoms with Crippen LogP contribution in [0.2, 0.25) is 0 Å². The summed E-state index contributed by atoms with van der Waals surface area (Å²) in [5.74, 6) is 1.45. The first-order chi connectivity index (χ1) is 15.2. The number of aliphatic hydroxyl groups excluding tert-OH is 1. The lowest BCUT2D eigenvalue weighted by Crippen LogP contribution is -2.45. The fourth-order valence-electron chi connectivity index (χ4n) is 3.36. The molecule has 2 aromatic rings. The van der Waals surface area contributed by atoms with Crippen LogP contribution in [0.15, 0.2) is 54.6 Å². The highest BCUT2D eigenvalue weighted by Gasteiger charge is 2.15. The molecule has 3 N–H and O–H groups in total. The van der Waals surface area contributed by atoms with E-state index in [-0.39, 0.29) is 12.6 Å². The fourth-order valence-corrected chi connectivity index (χ4v) is 3.36. The summed E-state index contributed by atoms with van der Waals surface area (Å²) in [4.78, 5) is 13.9. The fraction of sp³-hybridized carbons (Fsp3) is 0.458. The standard InChI is InChI=1S/C24H33N3O4/c28-21(17-25-13-14-26-24(29)27-15-5-2-6-16-27)19-31-23-11-9-22(10-12-23)30-18-20-7-3-1-4-8-20/h1,3-4,7-12,21,25,28H,2,5-6,13-19H2,(H,26,29)/t21-/m1/s1. The van der Waals surface area contributed by atoms with Gasteiger partial charge in [-0.25, -0.2) is 4.79 Å². The normalized spacial score (nSPS) is 14.7. The first-order valence-corrected chi connectivity index (χ1v) is 11.0. The second kappa shape index (κ2) is 12.8. The van der Waals surface area contributed by atoms with E-state index in [1.54, 1.807) is 0 Å². The number of carbonyl (C=O) groups excluding carboxylic acids is 1. The highest BCUT2D eigenvalue weighted by molar-refractivity contribution is 5.74. The van der Waals surface area contributed by atoms with E-state index >= 15 is 0 Å². The number of carbonyl (C=O) groups is 1. The lowest BCUT2D eigenvalue weighted by atomic mass is 10.1. The summed E-state index contributed by atoms with van der Waals surface area (Å²) in [5.41, 5.74) is 1.12. The van der Waals surface area contributed by atoms with E-state index in [9.17, 15) is 9.90 Å². The molecule has 1 heterocycles. The Morgan fingerprint density at radius 2 is 1.61 bits per heavy atom. The maximum Gasteiger partial charge on any atom is 0.317 e. The molecule has 1 atom stereocenters. The molecule has 2 amide bonds. The zero-order valence-electron chi connectivity index (χ0n) is 18.0. The third kappa shape index (κ3) is 8.47. The van der Waals surface area contributed by atoms with Crippen molar-refractivity contribution >= 4 is 6.03 Å². The Morgan fingerprint density at radius 1 is 0.935 bits per heavy atom. The van der Waals surface area contributed by atoms with E-state index in [0.717, 1.165) is 37.2 Å². The van der Waals surface area contributed by atoms with Gasteiger partial charge in [-0.15, -0.1) is 0 Å². The van der Waals surface area contributed by atoms with Crippen LogP contribution in [-0.2, 0) is 6.61 Å². The van der Waals surface area contributed by atoms with Gasteiger partial charge in [0.2, 0.25) is 0 Å². The molecule has 0 unspecified atom stereocenters. The van der Waals surface area contributed by atoms with Crippen LogP contribution in [-0.4, -0.2) is 61.5 Å². The zero-order chi connectivity index (χ0) is 21.7. The van der Waals surface area contributed by atoms with Gasteiger partial charge in [-0.05, 0) is 49.1 Å². The zero-order valence-corrected chi connectivity index (χ0v) is 18.0. The summed E-state index contributed by atoms with van der Waals surface area (Å²) < 4.78 is 11.4. The molecule has 0 bridgehead atoms. The second-order valence-corrected chi connectivity index (χ2v) is 7.69. The molecule has 7 nitrogen and oxygen atoms in total. The molecule has 3 rings (SSSR count). The van der Waals surface area contributed by atoms with Crippen LogP contribution in [0.3, 0.4) is 0 Å². The third-order valence-corrected chi connectivity index (χ3v) is 5.12. The van der Waals surface area contributed by atoms with Crippen molar-refractivity contribution < 1.29 is 19.4 Å². The number of nitrogens with zero attached hydrogens (tertiary/aromatic N) is 1. The van der Waals surface area contributed by atoms with Crippen LogP contribution >= 0.6 is 0 Å². The van der Waals surface area contributed by atoms with Gasteiger partial charge in [0, 0.05) is 32.7 Å². The smallest absolute Gasteiger partial charge is 0.317 e. The monoisotopic (exact) mass is 427 g/mol. The number of hydrogen-bond acceptors (Lipinski definition) is 5. The Balaban J connectivity index is 1.24. The van der Waals surface area contributed by atoms with E-state index in [1.165, 1.54) is 6.42 Å². The average molecular weight is 428 g/mol. The molecule has 0 spiro atoms. The number of rotatable bonds is 11. The third-order valence-electron chi connectivity index (χ3n) is 5.12. The molecule has 0 aliphatic carbocycles. The number of amides is 2. The minimum absolute atomic E-state index is 0.00146. The molecule has 0 saturated carbocycles. The first-order valence-electron chi connectivity index (χ1n) is 11.0. The molecule has 1 aliphatic heterocycles. The number of urea groups is 1. The Kier molecular flexibility index (Phi) is 9.47. The van der Waals surface area contributed by atoms with Crippen LogP contribution in [0.25, 0.3) is 0 Å². The summed E-state index contributed by atoms with van der Waals surface area (Å²) >= 11 is 0. The predicted octanol–water partition coefficient (Wildman–Crippen LogP) is 2.79. The first kappa shape index (κ1) is 22.9. The maximum absolute atomic E-state index is 12.0. The van der Waals surface area contributed by atoms with Gasteiger partial charge in [0.05, 0.1) is 0 Å². The van der Waals surface area contributed by atoms with Gasteiger partial charge < -0.3 is 30.1 Å². The Hall–Kier alpha value is -2.77. The van der Waals surface area contributed by atoms with Gasteiger partial charge in [-0.1, -0.05) is 30.3 Å². The van der Waals surface area contributed by atoms with E-state index in [0.29, 0.717) is 32.0 Å². The van der Waals surface area contributed by atoms with Crippen molar-refractivity contribution in [2.75, 3.05) is 39.3 Å². The van der Waals surface area contributed by atoms with Gasteiger partial charge in [-0.3, -0.25) is 0 Å². The van der Waals surface area contributed by atoms with Gasteiger partial charge in [0.1, 0.15) is 30.8 Å². The maximum atomic E-state index is 12.0. The second-order valence-electron chi connectivity index (χ2n) is 7.69. The van der Waals surface area contributed by atoms with Crippen molar-refractivity contribution in [1.82, 2.24) is 15.5 Å². The molecule has 0 aromatic heterocycles. The Bertz CT molecular complexity index is 764. The van der Waals surface area contributed by atoms with Crippen LogP contribution in [0, 0.1) is 0 Å². The van der Waals surface area contributed by atoms with E-state index < -0.39 is 6.10 Å². The molecule has 2 aromatic carbocycles. The van der Waals surface area contributed by atoms with Crippen molar-refractivity contribution in [2.24, 2.45) is 0 Å². The molecule has 7 heteroatoms. The van der Waals surface area contributed by atoms with E-state index in [4.69, 9.17) is 9.47 Å². The summed E-state index contributed by atoms with van der Waals surface area (Å²) in [7, 11) is 0. The molecule has 31 heavy (non-hydrogen) atoms. The summed E-state index contributed by atoms with van der Waals surface area (Å²) in [6.07, 6.45) is 2.74. The van der Waals surface area contributed by atoms with Gasteiger partial charge in [0.15, 0.2) is 0 Å². The molecule has 1 saturated heterocycles. The Labute approximate surface area is 184 Å². The quantitative estimate of drug-likeness (QED) is 0.481. The number of ether oxygens (including phenoxy) is 2. The summed E-state index contributed by atoms with van der Waals surface area (Å²) in [6.45, 7) is 3.93. The number of nitrogens with one attached hydrogen (secondary N) is 2. The van der Waals surface area contributed by atoms with Crippen LogP contribution in [0.4, 0.5) is 4.79 Å². The van der Waals surface area contributed by atoms with Crippen molar-refractivity contribution in [3.8, 4) is 11.5 Å². The Morgan fingerprint density at radius 3 is 2.32 bits per heavy atom. The molecular weight excluding hydrogens is 394 g/mol. The lowest BCUT2D eigenvalue weighted by molar-refractivity contribution is 0.106.